The number of halogens is 1. The van der Waals surface area contributed by atoms with Crippen LogP contribution in [0, 0.1) is 0 Å². The van der Waals surface area contributed by atoms with E-state index in [0.717, 1.165) is 22.3 Å². The predicted molar refractivity (Wildman–Crippen MR) is 91.1 cm³/mol. The second-order valence-electron chi connectivity index (χ2n) is 4.34. The molecule has 0 aliphatic heterocycles. The number of alkyl halides is 1. The molecule has 22 heavy (non-hydrogen) atoms. The van der Waals surface area contributed by atoms with Crippen molar-refractivity contribution in [2.75, 3.05) is 17.7 Å². The summed E-state index contributed by atoms with van der Waals surface area (Å²) in [5, 5.41) is 10.4. The average Bonchev–Trinajstić information content (AvgIpc) is 2.95. The highest BCUT2D eigenvalue weighted by atomic mass is 35.5. The Morgan fingerprint density at radius 1 is 1.41 bits per heavy atom. The quantitative estimate of drug-likeness (QED) is 0.338. The van der Waals surface area contributed by atoms with Gasteiger partial charge in [-0.2, -0.15) is 0 Å². The maximum absolute atomic E-state index is 11.4. The monoisotopic (exact) mass is 357 g/mol. The number of carbonyl (C=O) groups is 1. The molecule has 1 N–H and O–H groups in total. The van der Waals surface area contributed by atoms with E-state index in [-0.39, 0.29) is 5.91 Å². The average molecular weight is 358 g/mol. The molecule has 0 aliphatic carbocycles. The summed E-state index contributed by atoms with van der Waals surface area (Å²) >= 11 is 8.61. The van der Waals surface area contributed by atoms with Crippen LogP contribution in [0.5, 0.6) is 5.75 Å². The van der Waals surface area contributed by atoms with Crippen LogP contribution in [0.25, 0.3) is 0 Å². The Hall–Kier alpha value is -1.31. The van der Waals surface area contributed by atoms with Crippen LogP contribution in [0.4, 0.5) is 5.13 Å². The first-order chi connectivity index (χ1) is 10.6. The molecule has 1 aromatic carbocycles. The lowest BCUT2D eigenvalue weighted by atomic mass is 10.3. The molecule has 0 saturated carbocycles. The Balaban J connectivity index is 1.65. The van der Waals surface area contributed by atoms with Gasteiger partial charge >= 0.3 is 0 Å². The summed E-state index contributed by atoms with van der Waals surface area (Å²) in [5.41, 5.74) is 0. The summed E-state index contributed by atoms with van der Waals surface area (Å²) < 4.78 is 6.43. The first kappa shape index (κ1) is 17.1. The Bertz CT molecular complexity index is 593. The number of anilines is 1. The Morgan fingerprint density at radius 3 is 2.91 bits per heavy atom. The molecule has 2 aromatic rings. The third-order valence-corrected chi connectivity index (χ3v) is 4.78. The van der Waals surface area contributed by atoms with Gasteiger partial charge in [0.1, 0.15) is 11.1 Å². The van der Waals surface area contributed by atoms with Gasteiger partial charge in [-0.1, -0.05) is 41.3 Å². The fraction of sp³-hybridized carbons (Fsp3) is 0.357. The van der Waals surface area contributed by atoms with Gasteiger partial charge < -0.3 is 4.74 Å². The molecule has 1 heterocycles. The standard InChI is InChI=1S/C14H16ClN3O2S2/c1-10(15)12(19)16-13-17-18-14(22-13)21-9-5-8-20-11-6-3-2-4-7-11/h2-4,6-7,10H,5,8-9H2,1H3,(H,16,17,19)/t10-/m0/s1. The molecule has 0 radical (unpaired) electrons. The van der Waals surface area contributed by atoms with E-state index in [1.54, 1.807) is 18.7 Å². The molecule has 0 fully saturated rings. The van der Waals surface area contributed by atoms with E-state index in [0.29, 0.717) is 11.7 Å². The molecule has 1 amide bonds. The fourth-order valence-corrected chi connectivity index (χ4v) is 3.24. The van der Waals surface area contributed by atoms with Crippen molar-refractivity contribution in [1.82, 2.24) is 10.2 Å². The van der Waals surface area contributed by atoms with Gasteiger partial charge in [-0.05, 0) is 25.5 Å². The van der Waals surface area contributed by atoms with Crippen molar-refractivity contribution in [1.29, 1.82) is 0 Å². The number of hydrogen-bond acceptors (Lipinski definition) is 6. The lowest BCUT2D eigenvalue weighted by Gasteiger charge is -2.04. The summed E-state index contributed by atoms with van der Waals surface area (Å²) in [5.74, 6) is 1.48. The number of nitrogens with one attached hydrogen (secondary N) is 1. The molecule has 5 nitrogen and oxygen atoms in total. The van der Waals surface area contributed by atoms with E-state index in [1.165, 1.54) is 11.3 Å². The molecule has 0 spiro atoms. The van der Waals surface area contributed by atoms with E-state index < -0.39 is 5.38 Å². The van der Waals surface area contributed by atoms with Crippen molar-refractivity contribution >= 4 is 45.7 Å². The van der Waals surface area contributed by atoms with Crippen LogP contribution in [0.2, 0.25) is 0 Å². The summed E-state index contributed by atoms with van der Waals surface area (Å²) in [4.78, 5) is 11.4. The maximum Gasteiger partial charge on any atom is 0.243 e. The minimum atomic E-state index is -0.588. The minimum Gasteiger partial charge on any atom is -0.494 e. The Kier molecular flexibility index (Phi) is 6.95. The minimum absolute atomic E-state index is 0.273. The van der Waals surface area contributed by atoms with Crippen molar-refractivity contribution in [2.45, 2.75) is 23.1 Å². The van der Waals surface area contributed by atoms with Gasteiger partial charge in [0.15, 0.2) is 4.34 Å². The van der Waals surface area contributed by atoms with E-state index in [9.17, 15) is 4.79 Å². The highest BCUT2D eigenvalue weighted by molar-refractivity contribution is 8.01. The first-order valence-corrected chi connectivity index (χ1v) is 8.98. The van der Waals surface area contributed by atoms with Crippen LogP contribution < -0.4 is 10.1 Å². The summed E-state index contributed by atoms with van der Waals surface area (Å²) in [6.07, 6.45) is 0.902. The Morgan fingerprint density at radius 2 is 2.18 bits per heavy atom. The maximum atomic E-state index is 11.4. The van der Waals surface area contributed by atoms with Crippen molar-refractivity contribution in [3.63, 3.8) is 0 Å². The van der Waals surface area contributed by atoms with Gasteiger partial charge in [-0.15, -0.1) is 21.8 Å². The molecule has 2 rings (SSSR count). The van der Waals surface area contributed by atoms with Gasteiger partial charge in [0.05, 0.1) is 6.61 Å². The van der Waals surface area contributed by atoms with Crippen LogP contribution in [0.15, 0.2) is 34.7 Å². The zero-order valence-electron chi connectivity index (χ0n) is 12.0. The molecular formula is C14H16ClN3O2S2. The number of thioether (sulfide) groups is 1. The van der Waals surface area contributed by atoms with Gasteiger partial charge in [-0.3, -0.25) is 10.1 Å². The molecule has 0 unspecified atom stereocenters. The predicted octanol–water partition coefficient (Wildman–Crippen LogP) is 3.67. The molecule has 1 aromatic heterocycles. The zero-order valence-corrected chi connectivity index (χ0v) is 14.4. The molecule has 118 valence electrons. The van der Waals surface area contributed by atoms with Gasteiger partial charge in [-0.25, -0.2) is 0 Å². The molecule has 0 saturated heterocycles. The largest absolute Gasteiger partial charge is 0.494 e. The first-order valence-electron chi connectivity index (χ1n) is 6.74. The third-order valence-electron chi connectivity index (χ3n) is 2.52. The number of para-hydroxylation sites is 1. The fourth-order valence-electron chi connectivity index (χ4n) is 1.45. The summed E-state index contributed by atoms with van der Waals surface area (Å²) in [6.45, 7) is 2.27. The highest BCUT2D eigenvalue weighted by Gasteiger charge is 2.12. The summed E-state index contributed by atoms with van der Waals surface area (Å²) in [7, 11) is 0. The number of aromatic nitrogens is 2. The van der Waals surface area contributed by atoms with Crippen LogP contribution >= 0.6 is 34.7 Å². The number of hydrogen-bond donors (Lipinski definition) is 1. The van der Waals surface area contributed by atoms with Crippen molar-refractivity contribution in [3.05, 3.63) is 30.3 Å². The second kappa shape index (κ2) is 8.97. The van der Waals surface area contributed by atoms with Crippen molar-refractivity contribution in [3.8, 4) is 5.75 Å². The van der Waals surface area contributed by atoms with Crippen LogP contribution in [-0.2, 0) is 4.79 Å². The van der Waals surface area contributed by atoms with E-state index in [2.05, 4.69) is 15.5 Å². The topological polar surface area (TPSA) is 64.1 Å². The molecule has 0 aliphatic rings. The SMILES string of the molecule is C[C@H](Cl)C(=O)Nc1nnc(SCCCOc2ccccc2)s1. The lowest BCUT2D eigenvalue weighted by molar-refractivity contribution is -0.115. The van der Waals surface area contributed by atoms with Crippen molar-refractivity contribution < 1.29 is 9.53 Å². The lowest BCUT2D eigenvalue weighted by Crippen LogP contribution is -2.20. The smallest absolute Gasteiger partial charge is 0.243 e. The highest BCUT2D eigenvalue weighted by Crippen LogP contribution is 2.26. The van der Waals surface area contributed by atoms with E-state index >= 15 is 0 Å². The number of carbonyl (C=O) groups excluding carboxylic acids is 1. The van der Waals surface area contributed by atoms with Crippen LogP contribution in [0.1, 0.15) is 13.3 Å². The van der Waals surface area contributed by atoms with Crippen LogP contribution in [0.3, 0.4) is 0 Å². The molecular weight excluding hydrogens is 342 g/mol. The van der Waals surface area contributed by atoms with E-state index in [1.807, 2.05) is 30.3 Å². The molecule has 8 heteroatoms. The van der Waals surface area contributed by atoms with Crippen LogP contribution in [-0.4, -0.2) is 33.8 Å². The van der Waals surface area contributed by atoms with E-state index in [4.69, 9.17) is 16.3 Å². The molecule has 0 bridgehead atoms. The zero-order chi connectivity index (χ0) is 15.8. The number of amides is 1. The Labute approximate surface area is 142 Å². The van der Waals surface area contributed by atoms with Crippen molar-refractivity contribution in [2.24, 2.45) is 0 Å². The number of nitrogens with zero attached hydrogens (tertiary/aromatic N) is 2. The summed E-state index contributed by atoms with van der Waals surface area (Å²) in [6, 6.07) is 9.72. The molecule has 1 atom stereocenters. The third kappa shape index (κ3) is 5.82. The number of ether oxygens (including phenoxy) is 1. The van der Waals surface area contributed by atoms with Gasteiger partial charge in [0.25, 0.3) is 0 Å². The van der Waals surface area contributed by atoms with Gasteiger partial charge in [0.2, 0.25) is 11.0 Å². The number of benzene rings is 1. The number of rotatable bonds is 8. The van der Waals surface area contributed by atoms with Gasteiger partial charge in [0, 0.05) is 5.75 Å². The second-order valence-corrected chi connectivity index (χ2v) is 7.32. The normalized spacial score (nSPS) is 11.9.